The Kier molecular flexibility index (Phi) is 7.23. The molecule has 0 saturated carbocycles. The van der Waals surface area contributed by atoms with Crippen LogP contribution in [0.15, 0.2) is 24.4 Å². The zero-order chi connectivity index (χ0) is 28.1. The van der Waals surface area contributed by atoms with E-state index in [1.54, 1.807) is 24.0 Å². The predicted molar refractivity (Wildman–Crippen MR) is 137 cm³/mol. The van der Waals surface area contributed by atoms with E-state index in [1.807, 2.05) is 4.90 Å². The fraction of sp³-hybridized carbons (Fsp3) is 0.458. The average Bonchev–Trinajstić information content (AvgIpc) is 3.53. The Bertz CT molecular complexity index is 1430. The highest BCUT2D eigenvalue weighted by Gasteiger charge is 2.40. The highest BCUT2D eigenvalue weighted by atomic mass is 35.5. The van der Waals surface area contributed by atoms with E-state index < -0.39 is 30.0 Å². The molecule has 2 amide bonds. The number of alkyl halides is 3. The average molecular weight is 586 g/mol. The molecule has 0 radical (unpaired) electrons. The van der Waals surface area contributed by atoms with Gasteiger partial charge in [-0.05, 0) is 37.5 Å². The van der Waals surface area contributed by atoms with Gasteiger partial charge in [0.1, 0.15) is 17.4 Å². The van der Waals surface area contributed by atoms with Gasteiger partial charge in [0.05, 0.1) is 12.2 Å². The molecular weight excluding hydrogens is 562 g/mol. The lowest BCUT2D eigenvalue weighted by molar-refractivity contribution is -0.140. The normalized spacial score (nSPS) is 19.1. The predicted octanol–water partition coefficient (Wildman–Crippen LogP) is 4.55. The molecule has 15 heteroatoms. The number of benzene rings is 1. The zero-order valence-electron chi connectivity index (χ0n) is 20.7. The summed E-state index contributed by atoms with van der Waals surface area (Å²) in [5.74, 6) is 0.101. The molecule has 1 N–H and O–H groups in total. The van der Waals surface area contributed by atoms with Crippen molar-refractivity contribution in [3.63, 3.8) is 0 Å². The molecule has 10 nitrogen and oxygen atoms in total. The van der Waals surface area contributed by atoms with Crippen molar-refractivity contribution >= 4 is 52.2 Å². The van der Waals surface area contributed by atoms with Gasteiger partial charge in [0.2, 0.25) is 5.91 Å². The van der Waals surface area contributed by atoms with Crippen LogP contribution in [-0.4, -0.2) is 85.4 Å². The molecule has 2 aliphatic rings. The molecule has 2 aromatic heterocycles. The number of carbonyl (C=O) groups is 2. The molecule has 1 aromatic carbocycles. The summed E-state index contributed by atoms with van der Waals surface area (Å²) in [7, 11) is 0. The summed E-state index contributed by atoms with van der Waals surface area (Å²) in [5, 5.41) is 13.9. The van der Waals surface area contributed by atoms with Gasteiger partial charge in [-0.3, -0.25) is 9.69 Å². The third-order valence-electron chi connectivity index (χ3n) is 7.14. The molecule has 2 fully saturated rings. The minimum absolute atomic E-state index is 0.0556. The zero-order valence-corrected chi connectivity index (χ0v) is 22.2. The summed E-state index contributed by atoms with van der Waals surface area (Å²) in [5.41, 5.74) is -1.07. The van der Waals surface area contributed by atoms with Crippen molar-refractivity contribution in [1.82, 2.24) is 29.5 Å². The number of hydrogen-bond acceptors (Lipinski definition) is 6. The summed E-state index contributed by atoms with van der Waals surface area (Å²) in [6.07, 6.45) is -3.49. The molecule has 5 rings (SSSR count). The van der Waals surface area contributed by atoms with Crippen LogP contribution in [0.1, 0.15) is 37.1 Å². The van der Waals surface area contributed by atoms with Crippen molar-refractivity contribution in [3.8, 4) is 0 Å². The second-order valence-electron chi connectivity index (χ2n) is 9.48. The number of piperazine rings is 1. The topological polar surface area (TPSA) is 108 Å². The van der Waals surface area contributed by atoms with Crippen LogP contribution in [0.25, 0.3) is 11.2 Å². The van der Waals surface area contributed by atoms with E-state index in [0.717, 1.165) is 4.68 Å². The van der Waals surface area contributed by atoms with Crippen LogP contribution < -0.4 is 4.90 Å². The minimum Gasteiger partial charge on any atom is -0.465 e. The Morgan fingerprint density at radius 3 is 2.49 bits per heavy atom. The van der Waals surface area contributed by atoms with Crippen LogP contribution in [0.2, 0.25) is 10.0 Å². The molecule has 0 spiro atoms. The van der Waals surface area contributed by atoms with Crippen molar-refractivity contribution in [3.05, 3.63) is 45.7 Å². The molecule has 0 bridgehead atoms. The Balaban J connectivity index is 1.41. The first-order chi connectivity index (χ1) is 18.5. The summed E-state index contributed by atoms with van der Waals surface area (Å²) in [6, 6.07) is 3.32. The Hall–Kier alpha value is -3.32. The quantitative estimate of drug-likeness (QED) is 0.478. The first kappa shape index (κ1) is 27.3. The van der Waals surface area contributed by atoms with E-state index in [9.17, 15) is 27.9 Å². The highest BCUT2D eigenvalue weighted by Crippen LogP contribution is 2.36. The number of nitrogens with zero attached hydrogens (tertiary/aromatic N) is 7. The largest absolute Gasteiger partial charge is 0.465 e. The van der Waals surface area contributed by atoms with Crippen LogP contribution in [-0.2, 0) is 11.0 Å². The first-order valence-corrected chi connectivity index (χ1v) is 13.0. The van der Waals surface area contributed by atoms with Crippen molar-refractivity contribution in [2.24, 2.45) is 0 Å². The standard InChI is InChI=1S/C24H24Cl2F3N7O3/c1-13(15-5-4-14(25)11-16(15)26)36-21-19(20(32-36)24(27,28)29)30-12-18(31-21)33-7-9-34(10-8-33)22(37)17-3-2-6-35(17)23(38)39/h4-5,11-13,17H,2-3,6-10H2,1H3,(H,38,39)/t13?,17-/m1/s1. The van der Waals surface area contributed by atoms with Crippen LogP contribution in [0.5, 0.6) is 0 Å². The van der Waals surface area contributed by atoms with Crippen LogP contribution in [0.3, 0.4) is 0 Å². The van der Waals surface area contributed by atoms with Gasteiger partial charge in [0.25, 0.3) is 0 Å². The fourth-order valence-corrected chi connectivity index (χ4v) is 5.67. The van der Waals surface area contributed by atoms with Crippen LogP contribution >= 0.6 is 23.2 Å². The SMILES string of the molecule is CC(c1ccc(Cl)cc1Cl)n1nc(C(F)(F)F)c2ncc(N3CCN(C(=O)[C@H]4CCCN4C(=O)O)CC3)nc21. The third-order valence-corrected chi connectivity index (χ3v) is 7.70. The van der Waals surface area contributed by atoms with Crippen molar-refractivity contribution in [2.75, 3.05) is 37.6 Å². The number of carboxylic acid groups (broad SMARTS) is 1. The van der Waals surface area contributed by atoms with Gasteiger partial charge in [0.15, 0.2) is 11.3 Å². The number of hydrogen-bond donors (Lipinski definition) is 1. The van der Waals surface area contributed by atoms with E-state index in [1.165, 1.54) is 17.2 Å². The molecule has 2 atom stereocenters. The summed E-state index contributed by atoms with van der Waals surface area (Å²) < 4.78 is 42.7. The Labute approximate surface area is 230 Å². The summed E-state index contributed by atoms with van der Waals surface area (Å²) >= 11 is 12.3. The summed E-state index contributed by atoms with van der Waals surface area (Å²) in [4.78, 5) is 37.6. The van der Waals surface area contributed by atoms with E-state index in [-0.39, 0.29) is 22.1 Å². The van der Waals surface area contributed by atoms with E-state index in [0.29, 0.717) is 62.0 Å². The van der Waals surface area contributed by atoms with Crippen molar-refractivity contribution in [1.29, 1.82) is 0 Å². The van der Waals surface area contributed by atoms with Gasteiger partial charge in [-0.15, -0.1) is 0 Å². The van der Waals surface area contributed by atoms with E-state index >= 15 is 0 Å². The number of amides is 2. The van der Waals surface area contributed by atoms with Gasteiger partial charge >= 0.3 is 12.3 Å². The maximum atomic E-state index is 13.8. The van der Waals surface area contributed by atoms with Gasteiger partial charge in [-0.1, -0.05) is 29.3 Å². The lowest BCUT2D eigenvalue weighted by Crippen LogP contribution is -2.54. The minimum atomic E-state index is -4.75. The first-order valence-electron chi connectivity index (χ1n) is 12.3. The maximum Gasteiger partial charge on any atom is 0.437 e. The highest BCUT2D eigenvalue weighted by molar-refractivity contribution is 6.35. The molecule has 4 heterocycles. The third kappa shape index (κ3) is 5.17. The fourth-order valence-electron chi connectivity index (χ4n) is 5.10. The number of aromatic nitrogens is 4. The van der Waals surface area contributed by atoms with Crippen LogP contribution in [0, 0.1) is 0 Å². The molecule has 3 aromatic rings. The Morgan fingerprint density at radius 1 is 1.13 bits per heavy atom. The number of rotatable bonds is 4. The number of anilines is 1. The van der Waals surface area contributed by atoms with E-state index in [4.69, 9.17) is 23.2 Å². The van der Waals surface area contributed by atoms with Crippen LogP contribution in [0.4, 0.5) is 23.8 Å². The molecular formula is C24H24Cl2F3N7O3. The molecule has 0 aliphatic carbocycles. The molecule has 208 valence electrons. The second kappa shape index (κ2) is 10.3. The molecule has 1 unspecified atom stereocenters. The number of halogens is 5. The molecule has 39 heavy (non-hydrogen) atoms. The lowest BCUT2D eigenvalue weighted by Gasteiger charge is -2.37. The van der Waals surface area contributed by atoms with Crippen molar-refractivity contribution < 1.29 is 27.9 Å². The van der Waals surface area contributed by atoms with Crippen molar-refractivity contribution in [2.45, 2.75) is 38.0 Å². The lowest BCUT2D eigenvalue weighted by atomic mass is 10.1. The smallest absolute Gasteiger partial charge is 0.437 e. The van der Waals surface area contributed by atoms with Gasteiger partial charge in [-0.25, -0.2) is 19.4 Å². The summed E-state index contributed by atoms with van der Waals surface area (Å²) in [6.45, 7) is 3.31. The maximum absolute atomic E-state index is 13.8. The van der Waals surface area contributed by atoms with Gasteiger partial charge in [0, 0.05) is 42.8 Å². The van der Waals surface area contributed by atoms with Gasteiger partial charge < -0.3 is 14.9 Å². The monoisotopic (exact) mass is 585 g/mol. The Morgan fingerprint density at radius 2 is 1.85 bits per heavy atom. The molecule has 2 aliphatic heterocycles. The molecule has 2 saturated heterocycles. The van der Waals surface area contributed by atoms with E-state index in [2.05, 4.69) is 15.1 Å². The number of fused-ring (bicyclic) bond motifs is 1. The number of likely N-dealkylation sites (tertiary alicyclic amines) is 1. The second-order valence-corrected chi connectivity index (χ2v) is 10.3. The number of carbonyl (C=O) groups excluding carboxylic acids is 1. The van der Waals surface area contributed by atoms with Gasteiger partial charge in [-0.2, -0.15) is 18.3 Å².